The van der Waals surface area contributed by atoms with Crippen molar-refractivity contribution in [1.82, 2.24) is 0 Å². The molecule has 0 saturated heterocycles. The van der Waals surface area contributed by atoms with Crippen LogP contribution < -0.4 is 5.73 Å². The Bertz CT molecular complexity index is 436. The molecule has 0 bridgehead atoms. The van der Waals surface area contributed by atoms with Crippen molar-refractivity contribution < 1.29 is 9.53 Å². The second-order valence-corrected chi connectivity index (χ2v) is 5.94. The Hall–Kier alpha value is -0.870. The average molecular weight is 326 g/mol. The summed E-state index contributed by atoms with van der Waals surface area (Å²) in [5.74, 6) is 0.188. The van der Waals surface area contributed by atoms with Gasteiger partial charge in [0.25, 0.3) is 0 Å². The molecule has 0 aromatic heterocycles. The van der Waals surface area contributed by atoms with Crippen LogP contribution in [-0.2, 0) is 16.1 Å². The molecule has 1 saturated carbocycles. The van der Waals surface area contributed by atoms with Crippen molar-refractivity contribution in [3.8, 4) is 0 Å². The molecule has 4 heteroatoms. The summed E-state index contributed by atoms with van der Waals surface area (Å²) in [7, 11) is 0. The van der Waals surface area contributed by atoms with Gasteiger partial charge in [-0.2, -0.15) is 0 Å². The molecular formula is C15H20BrNO2. The predicted molar refractivity (Wildman–Crippen MR) is 78.4 cm³/mol. The van der Waals surface area contributed by atoms with E-state index in [1.54, 1.807) is 0 Å². The van der Waals surface area contributed by atoms with Gasteiger partial charge in [0, 0.05) is 10.0 Å². The first-order chi connectivity index (χ1) is 9.22. The van der Waals surface area contributed by atoms with Crippen molar-refractivity contribution >= 4 is 21.9 Å². The van der Waals surface area contributed by atoms with E-state index in [1.165, 1.54) is 6.42 Å². The van der Waals surface area contributed by atoms with E-state index in [0.29, 0.717) is 19.1 Å². The van der Waals surface area contributed by atoms with Crippen LogP contribution in [0.1, 0.15) is 31.2 Å². The summed E-state index contributed by atoms with van der Waals surface area (Å²) in [5, 5.41) is 0. The quantitative estimate of drug-likeness (QED) is 0.864. The first kappa shape index (κ1) is 14.5. The maximum atomic E-state index is 12.2. The van der Waals surface area contributed by atoms with Crippen LogP contribution in [0.5, 0.6) is 0 Å². The maximum absolute atomic E-state index is 12.2. The fourth-order valence-corrected chi connectivity index (χ4v) is 3.07. The Kier molecular flexibility index (Phi) is 5.40. The van der Waals surface area contributed by atoms with Gasteiger partial charge in [-0.3, -0.25) is 4.79 Å². The average Bonchev–Trinajstić information content (AvgIpc) is 2.46. The van der Waals surface area contributed by atoms with E-state index in [4.69, 9.17) is 10.5 Å². The van der Waals surface area contributed by atoms with Crippen molar-refractivity contribution in [2.45, 2.75) is 32.3 Å². The molecule has 0 aliphatic heterocycles. The highest BCUT2D eigenvalue weighted by Crippen LogP contribution is 2.30. The SMILES string of the molecule is NCC1CCCCC1C(=O)OCc1ccccc1Br. The molecule has 2 atom stereocenters. The van der Waals surface area contributed by atoms with Gasteiger partial charge in [0.05, 0.1) is 5.92 Å². The Morgan fingerprint density at radius 2 is 2.05 bits per heavy atom. The standard InChI is InChI=1S/C15H20BrNO2/c16-14-8-4-2-6-12(14)10-19-15(18)13-7-3-1-5-11(13)9-17/h2,4,6,8,11,13H,1,3,5,7,9-10,17H2. The number of ether oxygens (including phenoxy) is 1. The number of halogens is 1. The van der Waals surface area contributed by atoms with Crippen molar-refractivity contribution in [1.29, 1.82) is 0 Å². The van der Waals surface area contributed by atoms with Crippen molar-refractivity contribution in [3.63, 3.8) is 0 Å². The van der Waals surface area contributed by atoms with E-state index >= 15 is 0 Å². The minimum Gasteiger partial charge on any atom is -0.461 e. The number of hydrogen-bond acceptors (Lipinski definition) is 3. The van der Waals surface area contributed by atoms with Crippen molar-refractivity contribution in [2.24, 2.45) is 17.6 Å². The smallest absolute Gasteiger partial charge is 0.309 e. The van der Waals surface area contributed by atoms with Gasteiger partial charge in [0.2, 0.25) is 0 Å². The summed E-state index contributed by atoms with van der Waals surface area (Å²) in [6, 6.07) is 7.79. The molecule has 1 aromatic carbocycles. The lowest BCUT2D eigenvalue weighted by Crippen LogP contribution is -2.33. The zero-order valence-electron chi connectivity index (χ0n) is 11.0. The molecule has 0 spiro atoms. The van der Waals surface area contributed by atoms with E-state index < -0.39 is 0 Å². The fraction of sp³-hybridized carbons (Fsp3) is 0.533. The second kappa shape index (κ2) is 7.06. The van der Waals surface area contributed by atoms with Gasteiger partial charge >= 0.3 is 5.97 Å². The van der Waals surface area contributed by atoms with Crippen LogP contribution in [-0.4, -0.2) is 12.5 Å². The van der Waals surface area contributed by atoms with Crippen LogP contribution >= 0.6 is 15.9 Å². The highest BCUT2D eigenvalue weighted by Gasteiger charge is 2.31. The molecule has 2 N–H and O–H groups in total. The molecule has 1 aromatic rings. The van der Waals surface area contributed by atoms with E-state index in [9.17, 15) is 4.79 Å². The van der Waals surface area contributed by atoms with Crippen LogP contribution in [0.2, 0.25) is 0 Å². The third-order valence-electron chi connectivity index (χ3n) is 3.84. The third kappa shape index (κ3) is 3.80. The molecule has 3 nitrogen and oxygen atoms in total. The molecule has 0 amide bonds. The Labute approximate surface area is 122 Å². The van der Waals surface area contributed by atoms with Gasteiger partial charge in [-0.25, -0.2) is 0 Å². The summed E-state index contributed by atoms with van der Waals surface area (Å²) in [5.41, 5.74) is 6.74. The zero-order chi connectivity index (χ0) is 13.7. The van der Waals surface area contributed by atoms with E-state index in [2.05, 4.69) is 15.9 Å². The fourth-order valence-electron chi connectivity index (χ4n) is 2.67. The van der Waals surface area contributed by atoms with Crippen LogP contribution in [0.4, 0.5) is 0 Å². The molecule has 0 radical (unpaired) electrons. The van der Waals surface area contributed by atoms with Gasteiger partial charge < -0.3 is 10.5 Å². The lowest BCUT2D eigenvalue weighted by molar-refractivity contribution is -0.153. The van der Waals surface area contributed by atoms with Crippen LogP contribution in [0.25, 0.3) is 0 Å². The van der Waals surface area contributed by atoms with E-state index in [1.807, 2.05) is 24.3 Å². The highest BCUT2D eigenvalue weighted by molar-refractivity contribution is 9.10. The molecule has 1 fully saturated rings. The van der Waals surface area contributed by atoms with Gasteiger partial charge in [-0.1, -0.05) is 47.0 Å². The zero-order valence-corrected chi connectivity index (χ0v) is 12.6. The first-order valence-corrected chi connectivity index (χ1v) is 7.61. The summed E-state index contributed by atoms with van der Waals surface area (Å²) < 4.78 is 6.43. The molecule has 1 aliphatic rings. The number of rotatable bonds is 4. The molecule has 2 rings (SSSR count). The summed E-state index contributed by atoms with van der Waals surface area (Å²) in [6.07, 6.45) is 4.24. The number of carbonyl (C=O) groups excluding carboxylic acids is 1. The molecule has 19 heavy (non-hydrogen) atoms. The molecule has 104 valence electrons. The number of esters is 1. The second-order valence-electron chi connectivity index (χ2n) is 5.09. The first-order valence-electron chi connectivity index (χ1n) is 6.82. The van der Waals surface area contributed by atoms with E-state index in [-0.39, 0.29) is 11.9 Å². The molecule has 0 heterocycles. The van der Waals surface area contributed by atoms with Gasteiger partial charge in [0.15, 0.2) is 0 Å². The van der Waals surface area contributed by atoms with Gasteiger partial charge in [0.1, 0.15) is 6.61 Å². The maximum Gasteiger partial charge on any atom is 0.309 e. The Morgan fingerprint density at radius 3 is 2.79 bits per heavy atom. The van der Waals surface area contributed by atoms with Crippen molar-refractivity contribution in [3.05, 3.63) is 34.3 Å². The largest absolute Gasteiger partial charge is 0.461 e. The van der Waals surface area contributed by atoms with Crippen LogP contribution in [0.15, 0.2) is 28.7 Å². The monoisotopic (exact) mass is 325 g/mol. The molecule has 2 unspecified atom stereocenters. The normalized spacial score (nSPS) is 23.1. The summed E-state index contributed by atoms with van der Waals surface area (Å²) in [4.78, 5) is 12.2. The Balaban J connectivity index is 1.92. The lowest BCUT2D eigenvalue weighted by atomic mass is 9.79. The van der Waals surface area contributed by atoms with E-state index in [0.717, 1.165) is 29.3 Å². The molecular weight excluding hydrogens is 306 g/mol. The number of carbonyl (C=O) groups is 1. The third-order valence-corrected chi connectivity index (χ3v) is 4.62. The number of nitrogens with two attached hydrogens (primary N) is 1. The number of hydrogen-bond donors (Lipinski definition) is 1. The minimum absolute atomic E-state index is 0.0127. The summed E-state index contributed by atoms with van der Waals surface area (Å²) in [6.45, 7) is 0.906. The van der Waals surface area contributed by atoms with Gasteiger partial charge in [-0.05, 0) is 31.4 Å². The number of benzene rings is 1. The van der Waals surface area contributed by atoms with Crippen molar-refractivity contribution in [2.75, 3.05) is 6.54 Å². The van der Waals surface area contributed by atoms with Gasteiger partial charge in [-0.15, -0.1) is 0 Å². The molecule has 1 aliphatic carbocycles. The Morgan fingerprint density at radius 1 is 1.32 bits per heavy atom. The predicted octanol–water partition coefficient (Wildman–Crippen LogP) is 3.26. The summed E-state index contributed by atoms with van der Waals surface area (Å²) >= 11 is 3.46. The topological polar surface area (TPSA) is 52.3 Å². The van der Waals surface area contributed by atoms with Crippen LogP contribution in [0, 0.1) is 11.8 Å². The minimum atomic E-state index is -0.0918. The lowest BCUT2D eigenvalue weighted by Gasteiger charge is -2.28. The van der Waals surface area contributed by atoms with Crippen LogP contribution in [0.3, 0.4) is 0 Å². The highest BCUT2D eigenvalue weighted by atomic mass is 79.9.